The van der Waals surface area contributed by atoms with Crippen molar-refractivity contribution in [2.45, 2.75) is 13.8 Å². The third-order valence-corrected chi connectivity index (χ3v) is 3.93. The van der Waals surface area contributed by atoms with Crippen LogP contribution in [0.4, 0.5) is 11.5 Å². The topological polar surface area (TPSA) is 37.8 Å². The molecule has 1 aromatic carbocycles. The predicted molar refractivity (Wildman–Crippen MR) is 79.0 cm³/mol. The fraction of sp³-hybridized carbons (Fsp3) is 0.167. The van der Waals surface area contributed by atoms with Crippen LogP contribution in [-0.4, -0.2) is 10.2 Å². The molecule has 1 aromatic heterocycles. The summed E-state index contributed by atoms with van der Waals surface area (Å²) in [7, 11) is 0. The Balaban J connectivity index is 2.40. The smallest absolute Gasteiger partial charge is 0.156 e. The molecule has 0 bridgehead atoms. The third-order valence-electron chi connectivity index (χ3n) is 2.65. The van der Waals surface area contributed by atoms with E-state index >= 15 is 0 Å². The van der Waals surface area contributed by atoms with Crippen LogP contribution in [0, 0.1) is 13.8 Å². The van der Waals surface area contributed by atoms with E-state index in [1.807, 2.05) is 32.0 Å². The van der Waals surface area contributed by atoms with Gasteiger partial charge >= 0.3 is 0 Å². The zero-order valence-corrected chi connectivity index (χ0v) is 12.9. The molecule has 0 fully saturated rings. The molecule has 2 aromatic rings. The van der Waals surface area contributed by atoms with Gasteiger partial charge in [-0.3, -0.25) is 0 Å². The summed E-state index contributed by atoms with van der Waals surface area (Å²) in [5, 5.41) is 12.2. The Bertz CT molecular complexity index is 602. The van der Waals surface area contributed by atoms with E-state index in [9.17, 15) is 0 Å². The molecule has 6 heteroatoms. The molecule has 0 spiro atoms. The van der Waals surface area contributed by atoms with E-state index < -0.39 is 0 Å². The number of rotatable bonds is 2. The van der Waals surface area contributed by atoms with Crippen molar-refractivity contribution in [1.82, 2.24) is 10.2 Å². The Morgan fingerprint density at radius 3 is 2.56 bits per heavy atom. The minimum absolute atomic E-state index is 0.420. The van der Waals surface area contributed by atoms with E-state index in [0.717, 1.165) is 21.3 Å². The summed E-state index contributed by atoms with van der Waals surface area (Å²) in [5.74, 6) is 0.667. The van der Waals surface area contributed by atoms with E-state index in [-0.39, 0.29) is 0 Å². The van der Waals surface area contributed by atoms with E-state index in [2.05, 4.69) is 31.4 Å². The summed E-state index contributed by atoms with van der Waals surface area (Å²) in [5.41, 5.74) is 2.70. The number of hydrogen-bond acceptors (Lipinski definition) is 3. The second-order valence-electron chi connectivity index (χ2n) is 3.84. The number of nitrogens with zero attached hydrogens (tertiary/aromatic N) is 2. The molecule has 0 saturated carbocycles. The molecular formula is C12H10BrCl2N3. The Hall–Kier alpha value is -0.840. The van der Waals surface area contributed by atoms with Gasteiger partial charge in [-0.05, 0) is 59.1 Å². The number of anilines is 2. The minimum Gasteiger partial charge on any atom is -0.338 e. The molecule has 0 saturated heterocycles. The molecular weight excluding hydrogens is 337 g/mol. The van der Waals surface area contributed by atoms with Crippen molar-refractivity contribution < 1.29 is 0 Å². The van der Waals surface area contributed by atoms with Crippen LogP contribution in [0.25, 0.3) is 0 Å². The molecule has 0 aliphatic carbocycles. The average molecular weight is 347 g/mol. The van der Waals surface area contributed by atoms with Gasteiger partial charge in [-0.15, -0.1) is 10.2 Å². The van der Waals surface area contributed by atoms with Gasteiger partial charge in [-0.1, -0.05) is 23.2 Å². The lowest BCUT2D eigenvalue weighted by atomic mass is 10.2. The Kier molecular flexibility index (Phi) is 4.10. The molecule has 3 nitrogen and oxygen atoms in total. The van der Waals surface area contributed by atoms with Crippen LogP contribution in [0.3, 0.4) is 0 Å². The van der Waals surface area contributed by atoms with Crippen molar-refractivity contribution in [3.63, 3.8) is 0 Å². The zero-order valence-electron chi connectivity index (χ0n) is 9.76. The summed E-state index contributed by atoms with van der Waals surface area (Å²) in [6.45, 7) is 3.85. The third kappa shape index (κ3) is 2.76. The number of hydrogen-bond donors (Lipinski definition) is 1. The highest BCUT2D eigenvalue weighted by atomic mass is 79.9. The van der Waals surface area contributed by atoms with Gasteiger partial charge in [0, 0.05) is 9.50 Å². The lowest BCUT2D eigenvalue weighted by molar-refractivity contribution is 1.00. The van der Waals surface area contributed by atoms with Crippen molar-refractivity contribution >= 4 is 50.6 Å². The van der Waals surface area contributed by atoms with Gasteiger partial charge in [0.2, 0.25) is 0 Å². The van der Waals surface area contributed by atoms with Crippen LogP contribution in [-0.2, 0) is 0 Å². The van der Waals surface area contributed by atoms with E-state index in [1.165, 1.54) is 0 Å². The van der Waals surface area contributed by atoms with Crippen LogP contribution in [0.1, 0.15) is 11.1 Å². The second-order valence-corrected chi connectivity index (χ2v) is 5.49. The van der Waals surface area contributed by atoms with Crippen molar-refractivity contribution in [3.05, 3.63) is 44.0 Å². The highest BCUT2D eigenvalue weighted by Gasteiger charge is 2.09. The van der Waals surface area contributed by atoms with Gasteiger partial charge in [0.05, 0.1) is 5.69 Å². The fourth-order valence-corrected chi connectivity index (χ4v) is 2.11. The maximum atomic E-state index is 5.96. The van der Waals surface area contributed by atoms with E-state index in [1.54, 1.807) is 0 Å². The van der Waals surface area contributed by atoms with Crippen molar-refractivity contribution in [2.24, 2.45) is 0 Å². The SMILES string of the molecule is Cc1c(Cl)nnc(Nc2cc(Cl)ccc2Br)c1C. The Morgan fingerprint density at radius 2 is 1.83 bits per heavy atom. The summed E-state index contributed by atoms with van der Waals surface area (Å²) in [6, 6.07) is 5.50. The van der Waals surface area contributed by atoms with Crippen LogP contribution in [0.5, 0.6) is 0 Å². The standard InChI is InChI=1S/C12H10BrCl2N3/c1-6-7(2)12(18-17-11(6)15)16-10-5-8(14)3-4-9(10)13/h3-5H,1-2H3,(H,16,18). The summed E-state index contributed by atoms with van der Waals surface area (Å²) in [6.07, 6.45) is 0. The normalized spacial score (nSPS) is 10.5. The lowest BCUT2D eigenvalue weighted by Crippen LogP contribution is -2.01. The second kappa shape index (κ2) is 5.43. The average Bonchev–Trinajstić information content (AvgIpc) is 2.34. The maximum Gasteiger partial charge on any atom is 0.156 e. The van der Waals surface area contributed by atoms with E-state index in [0.29, 0.717) is 16.0 Å². The first-order valence-electron chi connectivity index (χ1n) is 5.20. The van der Waals surface area contributed by atoms with Crippen LogP contribution < -0.4 is 5.32 Å². The molecule has 94 valence electrons. The molecule has 1 heterocycles. The Labute approximate surface area is 124 Å². The quantitative estimate of drug-likeness (QED) is 0.839. The molecule has 0 unspecified atom stereocenters. The van der Waals surface area contributed by atoms with Crippen LogP contribution >= 0.6 is 39.1 Å². The molecule has 2 rings (SSSR count). The van der Waals surface area contributed by atoms with Gasteiger partial charge in [0.1, 0.15) is 0 Å². The number of nitrogens with one attached hydrogen (secondary N) is 1. The molecule has 0 aliphatic rings. The van der Waals surface area contributed by atoms with Crippen LogP contribution in [0.2, 0.25) is 10.2 Å². The van der Waals surface area contributed by atoms with Crippen molar-refractivity contribution in [2.75, 3.05) is 5.32 Å². The monoisotopic (exact) mass is 345 g/mol. The first kappa shape index (κ1) is 13.6. The molecule has 0 atom stereocenters. The first-order valence-corrected chi connectivity index (χ1v) is 6.75. The molecule has 0 radical (unpaired) electrons. The summed E-state index contributed by atoms with van der Waals surface area (Å²) >= 11 is 15.3. The molecule has 0 amide bonds. The zero-order chi connectivity index (χ0) is 13.3. The van der Waals surface area contributed by atoms with Gasteiger partial charge in [-0.25, -0.2) is 0 Å². The molecule has 1 N–H and O–H groups in total. The van der Waals surface area contributed by atoms with Crippen molar-refractivity contribution in [1.29, 1.82) is 0 Å². The minimum atomic E-state index is 0.420. The highest BCUT2D eigenvalue weighted by Crippen LogP contribution is 2.30. The fourth-order valence-electron chi connectivity index (χ4n) is 1.42. The number of benzene rings is 1. The van der Waals surface area contributed by atoms with Crippen LogP contribution in [0.15, 0.2) is 22.7 Å². The largest absolute Gasteiger partial charge is 0.338 e. The Morgan fingerprint density at radius 1 is 1.11 bits per heavy atom. The van der Waals surface area contributed by atoms with E-state index in [4.69, 9.17) is 23.2 Å². The summed E-state index contributed by atoms with van der Waals surface area (Å²) < 4.78 is 0.903. The van der Waals surface area contributed by atoms with Crippen molar-refractivity contribution in [3.8, 4) is 0 Å². The predicted octanol–water partition coefficient (Wildman–Crippen LogP) is 4.91. The van der Waals surface area contributed by atoms with Gasteiger partial charge < -0.3 is 5.32 Å². The number of halogens is 3. The maximum absolute atomic E-state index is 5.96. The number of aromatic nitrogens is 2. The first-order chi connectivity index (χ1) is 8.49. The summed E-state index contributed by atoms with van der Waals surface area (Å²) in [4.78, 5) is 0. The molecule has 18 heavy (non-hydrogen) atoms. The van der Waals surface area contributed by atoms with Gasteiger partial charge in [0.25, 0.3) is 0 Å². The van der Waals surface area contributed by atoms with Gasteiger partial charge in [-0.2, -0.15) is 0 Å². The van der Waals surface area contributed by atoms with Gasteiger partial charge in [0.15, 0.2) is 11.0 Å². The lowest BCUT2D eigenvalue weighted by Gasteiger charge is -2.11. The molecule has 0 aliphatic heterocycles. The highest BCUT2D eigenvalue weighted by molar-refractivity contribution is 9.10.